The maximum absolute atomic E-state index is 9.65. The maximum Gasteiger partial charge on any atom is 0.189 e. The van der Waals surface area contributed by atoms with Gasteiger partial charge >= 0.3 is 0 Å². The number of aryl methyl sites for hydroxylation is 2. The SMILES string of the molecule is CCCc1nc2sc3c(NC[C@@H](C)O)nc(SC)nc3c2c2c1CCC2. The third-order valence-corrected chi connectivity index (χ3v) is 6.46. The number of aliphatic hydroxyl groups excluding tert-OH is 1. The molecule has 0 saturated carbocycles. The smallest absolute Gasteiger partial charge is 0.189 e. The normalized spacial score (nSPS) is 14.9. The molecule has 0 radical (unpaired) electrons. The molecule has 0 aromatic carbocycles. The molecule has 0 aliphatic heterocycles. The lowest BCUT2D eigenvalue weighted by atomic mass is 10.0. The number of hydrogen-bond donors (Lipinski definition) is 2. The molecule has 3 heterocycles. The Hall–Kier alpha value is -1.44. The highest BCUT2D eigenvalue weighted by Gasteiger charge is 2.24. The molecule has 1 atom stereocenters. The molecule has 7 heteroatoms. The molecule has 2 N–H and O–H groups in total. The summed E-state index contributed by atoms with van der Waals surface area (Å²) in [4.78, 5) is 15.6. The molecule has 0 saturated heterocycles. The van der Waals surface area contributed by atoms with Gasteiger partial charge in [-0.1, -0.05) is 25.1 Å². The fourth-order valence-electron chi connectivity index (χ4n) is 3.72. The van der Waals surface area contributed by atoms with Gasteiger partial charge in [-0.2, -0.15) is 0 Å². The number of pyridine rings is 1. The summed E-state index contributed by atoms with van der Waals surface area (Å²) in [6, 6.07) is 0. The van der Waals surface area contributed by atoms with Gasteiger partial charge in [0.05, 0.1) is 16.3 Å². The first-order chi connectivity index (χ1) is 12.6. The van der Waals surface area contributed by atoms with E-state index in [1.807, 2.05) is 6.26 Å². The van der Waals surface area contributed by atoms with Crippen LogP contribution in [0.5, 0.6) is 0 Å². The second-order valence-corrected chi connectivity index (χ2v) is 8.64. The van der Waals surface area contributed by atoms with Crippen LogP contribution in [0, 0.1) is 0 Å². The van der Waals surface area contributed by atoms with Crippen molar-refractivity contribution < 1.29 is 5.11 Å². The predicted molar refractivity (Wildman–Crippen MR) is 111 cm³/mol. The molecular weight excluding hydrogens is 364 g/mol. The summed E-state index contributed by atoms with van der Waals surface area (Å²) in [6.07, 6.45) is 7.19. The van der Waals surface area contributed by atoms with Crippen molar-refractivity contribution in [3.63, 3.8) is 0 Å². The van der Waals surface area contributed by atoms with Gasteiger partial charge in [0.2, 0.25) is 0 Å². The number of aromatic nitrogens is 3. The first-order valence-electron chi connectivity index (χ1n) is 9.23. The summed E-state index contributed by atoms with van der Waals surface area (Å²) < 4.78 is 1.05. The summed E-state index contributed by atoms with van der Waals surface area (Å²) >= 11 is 3.22. The Morgan fingerprint density at radius 2 is 2.04 bits per heavy atom. The lowest BCUT2D eigenvalue weighted by molar-refractivity contribution is 0.208. The molecule has 0 bridgehead atoms. The van der Waals surface area contributed by atoms with Crippen molar-refractivity contribution in [1.29, 1.82) is 0 Å². The molecule has 5 nitrogen and oxygen atoms in total. The Morgan fingerprint density at radius 1 is 1.23 bits per heavy atom. The number of thioether (sulfide) groups is 1. The first kappa shape index (κ1) is 17.9. The lowest BCUT2D eigenvalue weighted by Gasteiger charge is -2.10. The minimum absolute atomic E-state index is 0.425. The van der Waals surface area contributed by atoms with E-state index >= 15 is 0 Å². The quantitative estimate of drug-likeness (QED) is 0.487. The molecule has 4 rings (SSSR count). The minimum atomic E-state index is -0.425. The van der Waals surface area contributed by atoms with Crippen LogP contribution in [0.1, 0.15) is 43.5 Å². The molecule has 0 fully saturated rings. The second kappa shape index (κ2) is 7.29. The summed E-state index contributed by atoms with van der Waals surface area (Å²) in [5.74, 6) is 0.812. The van der Waals surface area contributed by atoms with Crippen molar-refractivity contribution in [2.45, 2.75) is 57.2 Å². The summed E-state index contributed by atoms with van der Waals surface area (Å²) in [6.45, 7) is 4.46. The van der Waals surface area contributed by atoms with Gasteiger partial charge in [-0.3, -0.25) is 0 Å². The average molecular weight is 389 g/mol. The van der Waals surface area contributed by atoms with Crippen LogP contribution in [0.2, 0.25) is 0 Å². The maximum atomic E-state index is 9.65. The van der Waals surface area contributed by atoms with Crippen LogP contribution in [0.25, 0.3) is 20.4 Å². The molecule has 1 aliphatic carbocycles. The van der Waals surface area contributed by atoms with Crippen LogP contribution in [-0.4, -0.2) is 39.0 Å². The predicted octanol–water partition coefficient (Wildman–Crippen LogP) is 4.20. The van der Waals surface area contributed by atoms with Crippen molar-refractivity contribution in [3.8, 4) is 0 Å². The summed E-state index contributed by atoms with van der Waals surface area (Å²) in [5, 5.41) is 14.9. The van der Waals surface area contributed by atoms with E-state index in [1.165, 1.54) is 28.6 Å². The van der Waals surface area contributed by atoms with Gasteiger partial charge in [0.1, 0.15) is 10.6 Å². The van der Waals surface area contributed by atoms with E-state index in [0.29, 0.717) is 6.54 Å². The summed E-state index contributed by atoms with van der Waals surface area (Å²) in [5.41, 5.74) is 5.21. The lowest BCUT2D eigenvalue weighted by Crippen LogP contribution is -2.16. The molecular formula is C19H24N4OS2. The molecule has 3 aromatic heterocycles. The van der Waals surface area contributed by atoms with E-state index < -0.39 is 6.10 Å². The average Bonchev–Trinajstić information content (AvgIpc) is 3.23. The van der Waals surface area contributed by atoms with Gasteiger partial charge in [-0.05, 0) is 50.0 Å². The van der Waals surface area contributed by atoms with E-state index in [4.69, 9.17) is 9.97 Å². The number of nitrogens with one attached hydrogen (secondary N) is 1. The third kappa shape index (κ3) is 3.06. The molecule has 26 heavy (non-hydrogen) atoms. The number of rotatable bonds is 6. The first-order valence-corrected chi connectivity index (χ1v) is 11.3. The van der Waals surface area contributed by atoms with Gasteiger partial charge in [0.25, 0.3) is 0 Å². The number of aliphatic hydroxyl groups is 1. The highest BCUT2D eigenvalue weighted by molar-refractivity contribution is 7.98. The van der Waals surface area contributed by atoms with Crippen LogP contribution in [-0.2, 0) is 19.3 Å². The van der Waals surface area contributed by atoms with Crippen LogP contribution >= 0.6 is 23.1 Å². The number of anilines is 1. The van der Waals surface area contributed by atoms with Crippen molar-refractivity contribution in [1.82, 2.24) is 15.0 Å². The van der Waals surface area contributed by atoms with Crippen LogP contribution in [0.15, 0.2) is 5.16 Å². The fourth-order valence-corrected chi connectivity index (χ4v) is 5.22. The van der Waals surface area contributed by atoms with Gasteiger partial charge in [0, 0.05) is 17.6 Å². The van der Waals surface area contributed by atoms with Crippen LogP contribution in [0.4, 0.5) is 5.82 Å². The van der Waals surface area contributed by atoms with E-state index in [0.717, 1.165) is 51.7 Å². The molecule has 0 spiro atoms. The van der Waals surface area contributed by atoms with Gasteiger partial charge < -0.3 is 10.4 Å². The Labute approximate surface area is 161 Å². The molecule has 3 aromatic rings. The zero-order chi connectivity index (χ0) is 18.3. The Morgan fingerprint density at radius 3 is 2.77 bits per heavy atom. The van der Waals surface area contributed by atoms with Crippen LogP contribution < -0.4 is 5.32 Å². The fraction of sp³-hybridized carbons (Fsp3) is 0.526. The third-order valence-electron chi connectivity index (χ3n) is 4.83. The van der Waals surface area contributed by atoms with Crippen molar-refractivity contribution in [3.05, 3.63) is 16.8 Å². The second-order valence-electron chi connectivity index (χ2n) is 6.87. The Kier molecular flexibility index (Phi) is 5.03. The van der Waals surface area contributed by atoms with Gasteiger partial charge in [0.15, 0.2) is 5.16 Å². The van der Waals surface area contributed by atoms with Crippen molar-refractivity contribution >= 4 is 49.3 Å². The standard InChI is InChI=1S/C19H24N4OS2/c1-4-6-13-11-7-5-8-12(11)14-15-16(26-18(14)21-13)17(20-9-10(2)24)23-19(22-15)25-3/h10,24H,4-9H2,1-3H3,(H,20,22,23)/t10-/m1/s1. The summed E-state index contributed by atoms with van der Waals surface area (Å²) in [7, 11) is 0. The van der Waals surface area contributed by atoms with Crippen molar-refractivity contribution in [2.24, 2.45) is 0 Å². The number of fused-ring (bicyclic) bond motifs is 5. The number of hydrogen-bond acceptors (Lipinski definition) is 7. The van der Waals surface area contributed by atoms with Crippen molar-refractivity contribution in [2.75, 3.05) is 18.1 Å². The van der Waals surface area contributed by atoms with Gasteiger partial charge in [-0.25, -0.2) is 15.0 Å². The molecule has 0 unspecified atom stereocenters. The monoisotopic (exact) mass is 388 g/mol. The van der Waals surface area contributed by atoms with Gasteiger partial charge in [-0.15, -0.1) is 11.3 Å². The van der Waals surface area contributed by atoms with E-state index in [1.54, 1.807) is 30.0 Å². The number of nitrogens with zero attached hydrogens (tertiary/aromatic N) is 3. The van der Waals surface area contributed by atoms with E-state index in [-0.39, 0.29) is 0 Å². The molecule has 1 aliphatic rings. The minimum Gasteiger partial charge on any atom is -0.392 e. The van der Waals surface area contributed by atoms with E-state index in [9.17, 15) is 5.11 Å². The van der Waals surface area contributed by atoms with E-state index in [2.05, 4.69) is 17.2 Å². The zero-order valence-corrected chi connectivity index (χ0v) is 17.1. The molecule has 0 amide bonds. The topological polar surface area (TPSA) is 70.9 Å². The highest BCUT2D eigenvalue weighted by atomic mass is 32.2. The molecule has 138 valence electrons. The zero-order valence-electron chi connectivity index (χ0n) is 15.4. The number of thiophene rings is 1. The highest BCUT2D eigenvalue weighted by Crippen LogP contribution is 2.42. The largest absolute Gasteiger partial charge is 0.392 e. The van der Waals surface area contributed by atoms with Crippen LogP contribution in [0.3, 0.4) is 0 Å². The Bertz CT molecular complexity index is 967. The Balaban J connectivity index is 1.98.